The summed E-state index contributed by atoms with van der Waals surface area (Å²) in [5, 5.41) is 11.7. The lowest BCUT2D eigenvalue weighted by molar-refractivity contribution is -0.131. The minimum Gasteiger partial charge on any atom is -0.396 e. The van der Waals surface area contributed by atoms with Gasteiger partial charge in [0.15, 0.2) is 5.67 Å². The molecule has 1 rings (SSSR count). The van der Waals surface area contributed by atoms with Crippen molar-refractivity contribution in [2.75, 3.05) is 6.61 Å². The number of halogens is 1. The zero-order valence-electron chi connectivity index (χ0n) is 8.72. The van der Waals surface area contributed by atoms with E-state index in [4.69, 9.17) is 5.11 Å². The van der Waals surface area contributed by atoms with Gasteiger partial charge >= 0.3 is 0 Å². The Balaban J connectivity index is 2.48. The van der Waals surface area contributed by atoms with Crippen LogP contribution in [0.2, 0.25) is 0 Å². The highest BCUT2D eigenvalue weighted by molar-refractivity contribution is 5.84. The second kappa shape index (κ2) is 4.26. The molecule has 1 amide bonds. The van der Waals surface area contributed by atoms with Gasteiger partial charge in [0, 0.05) is 18.6 Å². The van der Waals surface area contributed by atoms with Crippen LogP contribution in [-0.2, 0) is 4.79 Å². The van der Waals surface area contributed by atoms with E-state index in [2.05, 4.69) is 5.32 Å². The zero-order valence-corrected chi connectivity index (χ0v) is 8.72. The van der Waals surface area contributed by atoms with E-state index in [1.807, 2.05) is 0 Å². The molecule has 0 aromatic rings. The Labute approximate surface area is 83.7 Å². The van der Waals surface area contributed by atoms with Crippen molar-refractivity contribution in [2.24, 2.45) is 5.92 Å². The van der Waals surface area contributed by atoms with Gasteiger partial charge in [0.25, 0.3) is 5.91 Å². The van der Waals surface area contributed by atoms with Crippen molar-refractivity contribution in [3.05, 3.63) is 0 Å². The van der Waals surface area contributed by atoms with Crippen LogP contribution in [0.3, 0.4) is 0 Å². The fraction of sp³-hybridized carbons (Fsp3) is 0.900. The molecule has 4 heteroatoms. The predicted molar refractivity (Wildman–Crippen MR) is 51.5 cm³/mol. The molecule has 0 heterocycles. The highest BCUT2D eigenvalue weighted by atomic mass is 19.1. The van der Waals surface area contributed by atoms with Crippen LogP contribution in [0.25, 0.3) is 0 Å². The summed E-state index contributed by atoms with van der Waals surface area (Å²) in [6.07, 6.45) is 2.74. The molecule has 3 nitrogen and oxygen atoms in total. The zero-order chi connectivity index (χ0) is 10.8. The van der Waals surface area contributed by atoms with Crippen LogP contribution in [0.4, 0.5) is 4.39 Å². The van der Waals surface area contributed by atoms with E-state index in [1.54, 1.807) is 0 Å². The van der Waals surface area contributed by atoms with E-state index >= 15 is 0 Å². The topological polar surface area (TPSA) is 49.3 Å². The van der Waals surface area contributed by atoms with Gasteiger partial charge in [0.05, 0.1) is 0 Å². The van der Waals surface area contributed by atoms with Gasteiger partial charge in [-0.25, -0.2) is 4.39 Å². The predicted octanol–water partition coefficient (Wildman–Crippen LogP) is 1.01. The molecule has 0 saturated heterocycles. The maximum absolute atomic E-state index is 13.2. The number of aliphatic hydroxyl groups is 1. The van der Waals surface area contributed by atoms with E-state index in [1.165, 1.54) is 13.8 Å². The Morgan fingerprint density at radius 2 is 2.21 bits per heavy atom. The number of alkyl halides is 1. The molecular weight excluding hydrogens is 185 g/mol. The Kier molecular flexibility index (Phi) is 3.48. The minimum atomic E-state index is -1.83. The fourth-order valence-corrected chi connectivity index (χ4v) is 1.79. The van der Waals surface area contributed by atoms with Crippen LogP contribution in [0.5, 0.6) is 0 Å². The summed E-state index contributed by atoms with van der Waals surface area (Å²) in [6.45, 7) is 2.55. The van der Waals surface area contributed by atoms with Crippen molar-refractivity contribution in [1.29, 1.82) is 0 Å². The van der Waals surface area contributed by atoms with Gasteiger partial charge in [-0.1, -0.05) is 6.42 Å². The lowest BCUT2D eigenvalue weighted by atomic mass is 10.0. The van der Waals surface area contributed by atoms with Crippen LogP contribution >= 0.6 is 0 Å². The molecule has 1 aliphatic carbocycles. The van der Waals surface area contributed by atoms with E-state index < -0.39 is 11.6 Å². The molecule has 1 fully saturated rings. The quantitative estimate of drug-likeness (QED) is 0.719. The average Bonchev–Trinajstić information content (AvgIpc) is 2.50. The van der Waals surface area contributed by atoms with Crippen molar-refractivity contribution in [1.82, 2.24) is 5.32 Å². The molecular formula is C10H18FNO2. The normalized spacial score (nSPS) is 27.7. The monoisotopic (exact) mass is 203 g/mol. The third-order valence-corrected chi connectivity index (χ3v) is 2.75. The molecule has 14 heavy (non-hydrogen) atoms. The number of carbonyl (C=O) groups excluding carboxylic acids is 1. The molecule has 0 radical (unpaired) electrons. The molecule has 0 aliphatic heterocycles. The summed E-state index contributed by atoms with van der Waals surface area (Å²) < 4.78 is 13.2. The maximum Gasteiger partial charge on any atom is 0.257 e. The molecule has 1 saturated carbocycles. The number of amides is 1. The number of nitrogens with one attached hydrogen (secondary N) is 1. The Morgan fingerprint density at radius 3 is 2.71 bits per heavy atom. The molecule has 0 bridgehead atoms. The lowest BCUT2D eigenvalue weighted by Crippen LogP contribution is -2.46. The van der Waals surface area contributed by atoms with Crippen LogP contribution in [0.15, 0.2) is 0 Å². The first kappa shape index (κ1) is 11.4. The molecule has 2 unspecified atom stereocenters. The molecule has 2 N–H and O–H groups in total. The smallest absolute Gasteiger partial charge is 0.257 e. The lowest BCUT2D eigenvalue weighted by Gasteiger charge is -2.22. The van der Waals surface area contributed by atoms with Crippen molar-refractivity contribution in [2.45, 2.75) is 44.8 Å². The Hall–Kier alpha value is -0.640. The third kappa shape index (κ3) is 2.67. The number of hydrogen-bond donors (Lipinski definition) is 2. The van der Waals surface area contributed by atoms with Crippen LogP contribution < -0.4 is 5.32 Å². The number of rotatable bonds is 3. The van der Waals surface area contributed by atoms with E-state index in [-0.39, 0.29) is 18.6 Å². The largest absolute Gasteiger partial charge is 0.396 e. The first-order valence-electron chi connectivity index (χ1n) is 5.06. The molecule has 1 aliphatic rings. The van der Waals surface area contributed by atoms with Gasteiger partial charge in [-0.3, -0.25) is 4.79 Å². The summed E-state index contributed by atoms with van der Waals surface area (Å²) in [5.74, 6) is -0.482. The van der Waals surface area contributed by atoms with Gasteiger partial charge in [0.2, 0.25) is 0 Å². The molecule has 0 aromatic heterocycles. The van der Waals surface area contributed by atoms with Crippen molar-refractivity contribution in [3.63, 3.8) is 0 Å². The molecule has 82 valence electrons. The first-order valence-corrected chi connectivity index (χ1v) is 5.06. The van der Waals surface area contributed by atoms with Gasteiger partial charge in [-0.15, -0.1) is 0 Å². The van der Waals surface area contributed by atoms with Crippen LogP contribution in [0, 0.1) is 5.92 Å². The molecule has 0 spiro atoms. The Bertz CT molecular complexity index is 213. The van der Waals surface area contributed by atoms with Gasteiger partial charge in [0.1, 0.15) is 0 Å². The standard InChI is InChI=1S/C10H18FNO2/c1-10(2,11)9(14)12-8-5-3-4-7(8)6-13/h7-8,13H,3-6H2,1-2H3,(H,12,14). The van der Waals surface area contributed by atoms with Gasteiger partial charge in [-0.2, -0.15) is 0 Å². The van der Waals surface area contributed by atoms with Crippen LogP contribution in [-0.4, -0.2) is 29.3 Å². The summed E-state index contributed by atoms with van der Waals surface area (Å²) >= 11 is 0. The van der Waals surface area contributed by atoms with E-state index in [0.717, 1.165) is 19.3 Å². The van der Waals surface area contributed by atoms with E-state index in [0.29, 0.717) is 0 Å². The van der Waals surface area contributed by atoms with E-state index in [9.17, 15) is 9.18 Å². The second-order valence-electron chi connectivity index (χ2n) is 4.43. The maximum atomic E-state index is 13.2. The SMILES string of the molecule is CC(C)(F)C(=O)NC1CCCC1CO. The summed E-state index contributed by atoms with van der Waals surface area (Å²) in [6, 6.07) is -0.0532. The van der Waals surface area contributed by atoms with Crippen molar-refractivity contribution in [3.8, 4) is 0 Å². The summed E-state index contributed by atoms with van der Waals surface area (Å²) in [5.41, 5.74) is -1.83. The number of hydrogen-bond acceptors (Lipinski definition) is 2. The van der Waals surface area contributed by atoms with Crippen molar-refractivity contribution < 1.29 is 14.3 Å². The second-order valence-corrected chi connectivity index (χ2v) is 4.43. The summed E-state index contributed by atoms with van der Waals surface area (Å²) in [4.78, 5) is 11.3. The minimum absolute atomic E-state index is 0.0532. The Morgan fingerprint density at radius 1 is 1.57 bits per heavy atom. The number of carbonyl (C=O) groups is 1. The third-order valence-electron chi connectivity index (χ3n) is 2.75. The highest BCUT2D eigenvalue weighted by Crippen LogP contribution is 2.25. The molecule has 2 atom stereocenters. The van der Waals surface area contributed by atoms with Gasteiger partial charge in [-0.05, 0) is 26.7 Å². The molecule has 0 aromatic carbocycles. The van der Waals surface area contributed by atoms with Crippen molar-refractivity contribution >= 4 is 5.91 Å². The number of aliphatic hydroxyl groups excluding tert-OH is 1. The van der Waals surface area contributed by atoms with Crippen LogP contribution in [0.1, 0.15) is 33.1 Å². The highest BCUT2D eigenvalue weighted by Gasteiger charge is 2.33. The van der Waals surface area contributed by atoms with Gasteiger partial charge < -0.3 is 10.4 Å². The average molecular weight is 203 g/mol. The fourth-order valence-electron chi connectivity index (χ4n) is 1.79. The summed E-state index contributed by atoms with van der Waals surface area (Å²) in [7, 11) is 0. The first-order chi connectivity index (χ1) is 6.45.